The Morgan fingerprint density at radius 3 is 1.84 bits per heavy atom. The molecule has 4 heterocycles. The molecule has 4 N–H and O–H groups in total. The number of imidazole rings is 1. The zero-order valence-electron chi connectivity index (χ0n) is 26.3. The smallest absolute Gasteiger partial charge is 0.450 e. The predicted octanol–water partition coefficient (Wildman–Crippen LogP) is 4.26. The van der Waals surface area contributed by atoms with Gasteiger partial charge < -0.3 is 39.5 Å². The number of nitrogens with zero attached hydrogens (tertiary/aromatic N) is 8. The van der Waals surface area contributed by atoms with Crippen LogP contribution in [0.4, 0.5) is 15.4 Å². The molecule has 0 aliphatic carbocycles. The average molecular weight is 619 g/mol. The van der Waals surface area contributed by atoms with E-state index in [9.17, 15) is 4.79 Å². The van der Waals surface area contributed by atoms with Gasteiger partial charge in [-0.05, 0) is 47.5 Å². The number of hydrogen-bond donors (Lipinski definition) is 4. The van der Waals surface area contributed by atoms with Crippen LogP contribution in [0, 0.1) is 5.92 Å². The molecule has 16 nitrogen and oxygen atoms in total. The summed E-state index contributed by atoms with van der Waals surface area (Å²) < 4.78 is 7.61. The quantitative estimate of drug-likeness (QED) is 0.314. The Balaban J connectivity index is 0.000000754. The van der Waals surface area contributed by atoms with E-state index >= 15 is 0 Å². The zero-order valence-corrected chi connectivity index (χ0v) is 26.3. The van der Waals surface area contributed by atoms with Crippen molar-refractivity contribution in [1.82, 2.24) is 34.4 Å². The Morgan fingerprint density at radius 2 is 1.39 bits per heavy atom. The molecule has 3 aromatic heterocycles. The molecule has 16 heteroatoms. The van der Waals surface area contributed by atoms with Gasteiger partial charge in [-0.1, -0.05) is 13.8 Å². The van der Waals surface area contributed by atoms with E-state index in [4.69, 9.17) is 44.7 Å². The largest absolute Gasteiger partial charge is 0.503 e. The third kappa shape index (κ3) is 10.00. The minimum Gasteiger partial charge on any atom is -0.450 e. The van der Waals surface area contributed by atoms with Gasteiger partial charge in [0.05, 0.1) is 25.1 Å². The zero-order chi connectivity index (χ0) is 33.4. The number of rotatable bonds is 5. The molecule has 242 valence electrons. The van der Waals surface area contributed by atoms with Gasteiger partial charge in [-0.3, -0.25) is 4.79 Å². The van der Waals surface area contributed by atoms with Gasteiger partial charge in [0.1, 0.15) is 0 Å². The highest BCUT2D eigenvalue weighted by atomic mass is 16.6. The van der Waals surface area contributed by atoms with E-state index in [0.717, 1.165) is 36.6 Å². The lowest BCUT2D eigenvalue weighted by Crippen LogP contribution is -2.56. The van der Waals surface area contributed by atoms with Gasteiger partial charge in [-0.25, -0.2) is 34.5 Å². The van der Waals surface area contributed by atoms with Crippen molar-refractivity contribution in [3.8, 4) is 11.4 Å². The maximum Gasteiger partial charge on any atom is 0.503 e. The van der Waals surface area contributed by atoms with Crippen molar-refractivity contribution in [2.24, 2.45) is 5.92 Å². The molecule has 1 amide bonds. The van der Waals surface area contributed by atoms with Crippen LogP contribution in [0.5, 0.6) is 0 Å². The molecule has 3 aromatic rings. The lowest BCUT2D eigenvalue weighted by Gasteiger charge is -2.45. The Hall–Kier alpha value is -4.60. The van der Waals surface area contributed by atoms with Crippen LogP contribution in [-0.4, -0.2) is 110 Å². The number of aromatic nitrogens is 6. The second kappa shape index (κ2) is 14.7. The van der Waals surface area contributed by atoms with Crippen LogP contribution in [0.25, 0.3) is 22.6 Å². The molecule has 0 unspecified atom stereocenters. The molecule has 1 aliphatic rings. The number of anilines is 1. The first-order chi connectivity index (χ1) is 20.3. The van der Waals surface area contributed by atoms with Crippen LogP contribution < -0.4 is 4.90 Å². The fraction of sp³-hybridized carbons (Fsp3) is 0.571. The third-order valence-electron chi connectivity index (χ3n) is 5.96. The highest BCUT2D eigenvalue weighted by Gasteiger charge is 2.37. The standard InChI is InChI=1S/C26H38N8O2.2CH2O3/c1-17(2)15-33-16-29-19-22(32-9-11-36-12-10-32)30-20(31-23(19)33)18-13-27-21(28-14-18)24(35)34(25(3,4)5)26(6,7)8;2*2-1(3)4/h13-14,16-17H,9-12,15H2,1-8H3;2*(H2,2,3,4). The summed E-state index contributed by atoms with van der Waals surface area (Å²) in [6.45, 7) is 20.0. The van der Waals surface area contributed by atoms with Crippen molar-refractivity contribution >= 4 is 35.2 Å². The molecule has 1 saturated heterocycles. The highest BCUT2D eigenvalue weighted by Crippen LogP contribution is 2.29. The van der Waals surface area contributed by atoms with E-state index in [2.05, 4.69) is 38.3 Å². The van der Waals surface area contributed by atoms with Crippen LogP contribution in [0.2, 0.25) is 0 Å². The summed E-state index contributed by atoms with van der Waals surface area (Å²) in [5.41, 5.74) is 1.45. The average Bonchev–Trinajstić information content (AvgIpc) is 3.28. The molecule has 0 spiro atoms. The summed E-state index contributed by atoms with van der Waals surface area (Å²) in [6, 6.07) is 0. The molecule has 44 heavy (non-hydrogen) atoms. The maximum atomic E-state index is 13.4. The third-order valence-corrected chi connectivity index (χ3v) is 5.96. The number of fused-ring (bicyclic) bond motifs is 1. The van der Waals surface area contributed by atoms with E-state index in [1.807, 2.05) is 52.8 Å². The van der Waals surface area contributed by atoms with Gasteiger partial charge in [0.2, 0.25) is 5.82 Å². The number of carbonyl (C=O) groups is 3. The second-order valence-electron chi connectivity index (χ2n) is 12.3. The molecular formula is C28H42N8O8. The summed E-state index contributed by atoms with van der Waals surface area (Å²) in [5.74, 6) is 1.68. The van der Waals surface area contributed by atoms with E-state index < -0.39 is 12.3 Å². The first kappa shape index (κ1) is 35.6. The summed E-state index contributed by atoms with van der Waals surface area (Å²) in [4.78, 5) is 57.8. The second-order valence-corrected chi connectivity index (χ2v) is 12.3. The van der Waals surface area contributed by atoms with Gasteiger partial charge in [-0.15, -0.1) is 0 Å². The maximum absolute atomic E-state index is 13.4. The number of ether oxygens (including phenoxy) is 1. The van der Waals surface area contributed by atoms with Crippen LogP contribution in [0.3, 0.4) is 0 Å². The van der Waals surface area contributed by atoms with Crippen molar-refractivity contribution in [3.63, 3.8) is 0 Å². The summed E-state index contributed by atoms with van der Waals surface area (Å²) in [5, 5.41) is 27.9. The number of carboxylic acid groups (broad SMARTS) is 4. The fourth-order valence-corrected chi connectivity index (χ4v) is 4.85. The molecule has 0 bridgehead atoms. The Kier molecular flexibility index (Phi) is 11.9. The Bertz CT molecular complexity index is 1390. The molecule has 1 fully saturated rings. The first-order valence-electron chi connectivity index (χ1n) is 13.9. The highest BCUT2D eigenvalue weighted by molar-refractivity contribution is 5.92. The van der Waals surface area contributed by atoms with Gasteiger partial charge in [0.25, 0.3) is 5.91 Å². The minimum atomic E-state index is -1.83. The predicted molar refractivity (Wildman–Crippen MR) is 161 cm³/mol. The molecule has 0 atom stereocenters. The number of morpholine rings is 1. The number of amides is 1. The summed E-state index contributed by atoms with van der Waals surface area (Å²) in [7, 11) is 0. The SMILES string of the molecule is CC(C)Cn1cnc2c(N3CCOCC3)nc(-c3cnc(C(=O)N(C(C)(C)C)C(C)(C)C)nc3)nc21.O=C(O)O.O=C(O)O. The van der Waals surface area contributed by atoms with E-state index in [1.165, 1.54) is 0 Å². The topological polar surface area (TPSA) is 217 Å². The van der Waals surface area contributed by atoms with Crippen LogP contribution >= 0.6 is 0 Å². The van der Waals surface area contributed by atoms with Crippen LogP contribution in [-0.2, 0) is 11.3 Å². The monoisotopic (exact) mass is 618 g/mol. The lowest BCUT2D eigenvalue weighted by atomic mass is 9.95. The molecule has 0 saturated carbocycles. The van der Waals surface area contributed by atoms with Crippen molar-refractivity contribution in [3.05, 3.63) is 24.5 Å². The van der Waals surface area contributed by atoms with Crippen molar-refractivity contribution in [2.75, 3.05) is 31.2 Å². The molecule has 4 rings (SSSR count). The number of hydrogen-bond acceptors (Lipinski definition) is 10. The Labute approximate surface area is 255 Å². The van der Waals surface area contributed by atoms with Crippen molar-refractivity contribution in [1.29, 1.82) is 0 Å². The van der Waals surface area contributed by atoms with E-state index in [1.54, 1.807) is 12.4 Å². The summed E-state index contributed by atoms with van der Waals surface area (Å²) >= 11 is 0. The van der Waals surface area contributed by atoms with Gasteiger partial charge in [0.15, 0.2) is 22.8 Å². The minimum absolute atomic E-state index is 0.155. The molecule has 0 radical (unpaired) electrons. The molecular weight excluding hydrogens is 576 g/mol. The lowest BCUT2D eigenvalue weighted by molar-refractivity contribution is 0.0258. The van der Waals surface area contributed by atoms with Crippen LogP contribution in [0.1, 0.15) is 66.0 Å². The first-order valence-corrected chi connectivity index (χ1v) is 13.9. The van der Waals surface area contributed by atoms with E-state index in [0.29, 0.717) is 30.5 Å². The van der Waals surface area contributed by atoms with Gasteiger partial charge in [-0.2, -0.15) is 0 Å². The van der Waals surface area contributed by atoms with Crippen molar-refractivity contribution in [2.45, 2.75) is 73.0 Å². The molecule has 1 aliphatic heterocycles. The Morgan fingerprint density at radius 1 is 0.886 bits per heavy atom. The van der Waals surface area contributed by atoms with E-state index in [-0.39, 0.29) is 22.8 Å². The molecule has 0 aromatic carbocycles. The van der Waals surface area contributed by atoms with Gasteiger partial charge in [0, 0.05) is 43.1 Å². The van der Waals surface area contributed by atoms with Crippen molar-refractivity contribution < 1.29 is 39.5 Å². The normalized spacial score (nSPS) is 13.4. The van der Waals surface area contributed by atoms with Crippen LogP contribution in [0.15, 0.2) is 18.7 Å². The van der Waals surface area contributed by atoms with Gasteiger partial charge >= 0.3 is 12.3 Å². The number of carbonyl (C=O) groups excluding carboxylic acids is 1. The summed E-state index contributed by atoms with van der Waals surface area (Å²) in [6.07, 6.45) is 1.44. The fourth-order valence-electron chi connectivity index (χ4n) is 4.85.